The molecule has 110 valence electrons. The second-order valence-electron chi connectivity index (χ2n) is 5.91. The molecule has 2 fully saturated rings. The zero-order chi connectivity index (χ0) is 14.2. The van der Waals surface area contributed by atoms with Gasteiger partial charge in [0.15, 0.2) is 0 Å². The molecule has 0 bridgehead atoms. The number of rotatable bonds is 5. The molecule has 5 heteroatoms. The molecule has 0 N–H and O–H groups in total. The molecule has 2 heterocycles. The molecule has 2 unspecified atom stereocenters. The van der Waals surface area contributed by atoms with Gasteiger partial charge in [-0.15, -0.1) is 0 Å². The van der Waals surface area contributed by atoms with Crippen LogP contribution in [-0.4, -0.2) is 40.3 Å². The molecule has 1 aliphatic carbocycles. The lowest BCUT2D eigenvalue weighted by Gasteiger charge is -2.27. The van der Waals surface area contributed by atoms with Gasteiger partial charge in [-0.3, -0.25) is 4.90 Å². The summed E-state index contributed by atoms with van der Waals surface area (Å²) >= 11 is 0. The smallest absolute Gasteiger partial charge is 0.223 e. The Bertz CT molecular complexity index is 619. The Morgan fingerprint density at radius 3 is 2.71 bits per heavy atom. The molecule has 4 rings (SSSR count). The van der Waals surface area contributed by atoms with Crippen LogP contribution >= 0.6 is 0 Å². The molecule has 2 atom stereocenters. The first kappa shape index (κ1) is 12.8. The number of hydrogen-bond acceptors (Lipinski definition) is 5. The van der Waals surface area contributed by atoms with E-state index in [1.807, 2.05) is 24.3 Å². The zero-order valence-electron chi connectivity index (χ0n) is 12.2. The first-order valence-electron chi connectivity index (χ1n) is 7.59. The summed E-state index contributed by atoms with van der Waals surface area (Å²) in [4.78, 5) is 6.77. The molecule has 2 aromatic rings. The van der Waals surface area contributed by atoms with Crippen molar-refractivity contribution in [3.05, 3.63) is 30.2 Å². The molecule has 1 aliphatic heterocycles. The average Bonchev–Trinajstić information content (AvgIpc) is 3.05. The second kappa shape index (κ2) is 5.15. The highest BCUT2D eigenvalue weighted by molar-refractivity contribution is 5.55. The Morgan fingerprint density at radius 1 is 1.29 bits per heavy atom. The normalized spacial score (nSPS) is 24.6. The Kier molecular flexibility index (Phi) is 3.15. The van der Waals surface area contributed by atoms with Crippen molar-refractivity contribution in [3.63, 3.8) is 0 Å². The van der Waals surface area contributed by atoms with Gasteiger partial charge in [-0.25, -0.2) is 0 Å². The van der Waals surface area contributed by atoms with Crippen LogP contribution in [0.3, 0.4) is 0 Å². The number of ether oxygens (including phenoxy) is 1. The Hall–Kier alpha value is -1.88. The lowest BCUT2D eigenvalue weighted by atomic mass is 9.93. The summed E-state index contributed by atoms with van der Waals surface area (Å²) in [5.41, 5.74) is 0.946. The highest BCUT2D eigenvalue weighted by Crippen LogP contribution is 2.33. The Balaban J connectivity index is 1.32. The molecule has 1 aromatic heterocycles. The minimum absolute atomic E-state index is 0.579. The topological polar surface area (TPSA) is 51.2 Å². The summed E-state index contributed by atoms with van der Waals surface area (Å²) in [5.74, 6) is 2.10. The van der Waals surface area contributed by atoms with E-state index in [1.54, 1.807) is 6.92 Å². The van der Waals surface area contributed by atoms with Crippen LogP contribution in [0.15, 0.2) is 28.8 Å². The average molecular weight is 285 g/mol. The van der Waals surface area contributed by atoms with Gasteiger partial charge < -0.3 is 9.26 Å². The van der Waals surface area contributed by atoms with Gasteiger partial charge in [0.1, 0.15) is 12.4 Å². The third-order valence-electron chi connectivity index (χ3n) is 4.38. The standard InChI is InChI=1S/C16H19N3O2/c1-11-17-16(18-21-11)12-5-7-15(8-6-12)20-10-14-9-19(14)13-3-2-4-13/h5-8,13-14H,2-4,9-10H2,1H3. The fourth-order valence-electron chi connectivity index (χ4n) is 2.82. The summed E-state index contributed by atoms with van der Waals surface area (Å²) in [5, 5.41) is 3.91. The van der Waals surface area contributed by atoms with Crippen LogP contribution in [0.2, 0.25) is 0 Å². The first-order valence-corrected chi connectivity index (χ1v) is 7.59. The summed E-state index contributed by atoms with van der Waals surface area (Å²) in [6.45, 7) is 3.78. The molecule has 5 nitrogen and oxygen atoms in total. The molecule has 1 saturated carbocycles. The van der Waals surface area contributed by atoms with Crippen molar-refractivity contribution >= 4 is 0 Å². The van der Waals surface area contributed by atoms with Gasteiger partial charge in [0, 0.05) is 25.1 Å². The van der Waals surface area contributed by atoms with E-state index in [0.29, 0.717) is 17.8 Å². The molecular weight excluding hydrogens is 266 g/mol. The van der Waals surface area contributed by atoms with E-state index >= 15 is 0 Å². The number of aryl methyl sites for hydroxylation is 1. The van der Waals surface area contributed by atoms with Crippen LogP contribution in [0.25, 0.3) is 11.4 Å². The van der Waals surface area contributed by atoms with Gasteiger partial charge in [-0.05, 0) is 37.1 Å². The molecule has 0 spiro atoms. The van der Waals surface area contributed by atoms with E-state index in [2.05, 4.69) is 15.0 Å². The summed E-state index contributed by atoms with van der Waals surface area (Å²) in [6.07, 6.45) is 4.14. The predicted molar refractivity (Wildman–Crippen MR) is 78.1 cm³/mol. The largest absolute Gasteiger partial charge is 0.492 e. The minimum Gasteiger partial charge on any atom is -0.492 e. The molecule has 1 saturated heterocycles. The molecule has 21 heavy (non-hydrogen) atoms. The minimum atomic E-state index is 0.579. The Labute approximate surface area is 123 Å². The van der Waals surface area contributed by atoms with E-state index in [9.17, 15) is 0 Å². The van der Waals surface area contributed by atoms with Gasteiger partial charge in [0.25, 0.3) is 0 Å². The van der Waals surface area contributed by atoms with Gasteiger partial charge in [-0.1, -0.05) is 11.6 Å². The van der Waals surface area contributed by atoms with Crippen molar-refractivity contribution in [1.29, 1.82) is 0 Å². The number of benzene rings is 1. The predicted octanol–water partition coefficient (Wildman–Crippen LogP) is 2.66. The summed E-state index contributed by atoms with van der Waals surface area (Å²) in [7, 11) is 0. The van der Waals surface area contributed by atoms with Crippen molar-refractivity contribution in [2.45, 2.75) is 38.3 Å². The van der Waals surface area contributed by atoms with Gasteiger partial charge in [0.2, 0.25) is 11.7 Å². The van der Waals surface area contributed by atoms with Crippen molar-refractivity contribution in [3.8, 4) is 17.1 Å². The lowest BCUT2D eigenvalue weighted by molar-refractivity contribution is 0.215. The number of aromatic nitrogens is 2. The van der Waals surface area contributed by atoms with Crippen LogP contribution in [0.5, 0.6) is 5.75 Å². The molecular formula is C16H19N3O2. The van der Waals surface area contributed by atoms with Crippen LogP contribution in [0, 0.1) is 6.92 Å². The zero-order valence-corrected chi connectivity index (χ0v) is 12.2. The third-order valence-corrected chi connectivity index (χ3v) is 4.38. The van der Waals surface area contributed by atoms with Crippen molar-refractivity contribution in [2.24, 2.45) is 0 Å². The maximum absolute atomic E-state index is 5.87. The van der Waals surface area contributed by atoms with Gasteiger partial charge in [0.05, 0.1) is 6.04 Å². The molecule has 0 radical (unpaired) electrons. The van der Waals surface area contributed by atoms with E-state index < -0.39 is 0 Å². The van der Waals surface area contributed by atoms with Gasteiger partial charge in [-0.2, -0.15) is 4.98 Å². The second-order valence-corrected chi connectivity index (χ2v) is 5.91. The third kappa shape index (κ3) is 2.65. The SMILES string of the molecule is Cc1nc(-c2ccc(OCC3CN3C3CCC3)cc2)no1. The summed E-state index contributed by atoms with van der Waals surface area (Å²) < 4.78 is 10.9. The number of hydrogen-bond donors (Lipinski definition) is 0. The van der Waals surface area contributed by atoms with Crippen LogP contribution in [-0.2, 0) is 0 Å². The molecule has 2 aliphatic rings. The van der Waals surface area contributed by atoms with Crippen LogP contribution in [0.1, 0.15) is 25.2 Å². The monoisotopic (exact) mass is 285 g/mol. The molecule has 1 aromatic carbocycles. The first-order chi connectivity index (χ1) is 10.3. The van der Waals surface area contributed by atoms with Crippen LogP contribution < -0.4 is 4.74 Å². The quantitative estimate of drug-likeness (QED) is 0.790. The van der Waals surface area contributed by atoms with E-state index in [4.69, 9.17) is 9.26 Å². The fourth-order valence-corrected chi connectivity index (χ4v) is 2.82. The number of nitrogens with zero attached hydrogens (tertiary/aromatic N) is 3. The Morgan fingerprint density at radius 2 is 2.10 bits per heavy atom. The molecule has 0 amide bonds. The van der Waals surface area contributed by atoms with E-state index in [0.717, 1.165) is 24.0 Å². The van der Waals surface area contributed by atoms with E-state index in [1.165, 1.54) is 25.8 Å². The van der Waals surface area contributed by atoms with Crippen molar-refractivity contribution < 1.29 is 9.26 Å². The fraction of sp³-hybridized carbons (Fsp3) is 0.500. The highest BCUT2D eigenvalue weighted by atomic mass is 16.5. The van der Waals surface area contributed by atoms with Gasteiger partial charge >= 0.3 is 0 Å². The van der Waals surface area contributed by atoms with Crippen molar-refractivity contribution in [2.75, 3.05) is 13.2 Å². The van der Waals surface area contributed by atoms with Crippen LogP contribution in [0.4, 0.5) is 0 Å². The maximum atomic E-state index is 5.87. The lowest BCUT2D eigenvalue weighted by Crippen LogP contribution is -2.29. The van der Waals surface area contributed by atoms with Crippen molar-refractivity contribution in [1.82, 2.24) is 15.0 Å². The van der Waals surface area contributed by atoms with E-state index in [-0.39, 0.29) is 0 Å². The maximum Gasteiger partial charge on any atom is 0.223 e. The highest BCUT2D eigenvalue weighted by Gasteiger charge is 2.42. The summed E-state index contributed by atoms with van der Waals surface area (Å²) in [6, 6.07) is 9.33.